The van der Waals surface area contributed by atoms with E-state index >= 15 is 0 Å². The van der Waals surface area contributed by atoms with E-state index < -0.39 is 94.7 Å². The molecule has 2 saturated heterocycles. The first-order valence-electron chi connectivity index (χ1n) is 18.7. The standard InChI is InChI=1S/C41H56O11/c1-11-30-49-28-18-29-41(20-47-29,52-25(7)42)33-35(51-36(44)26-15-13-12-14-16-26)40(38(8,9)46)19-27(48-37(45)32(43)22(4)17-21(2)3)23(5)31(40)24(6)34(50-30)39(28,33)10/h11-16,21-22,24,27-30,32-35,43,46H,1,17-20H2,2-10H3/t22-,24-,27-,28-,29+,30?,32+,33-,34-,35-,39+,40-,41-/m0/s1. The summed E-state index contributed by atoms with van der Waals surface area (Å²) < 4.78 is 38.8. The predicted octanol–water partition coefficient (Wildman–Crippen LogP) is 5.32. The number of carbonyl (C=O) groups is 3. The third-order valence-electron chi connectivity index (χ3n) is 12.9. The second kappa shape index (κ2) is 13.6. The Kier molecular flexibility index (Phi) is 10.1. The van der Waals surface area contributed by atoms with Gasteiger partial charge in [-0.2, -0.15) is 0 Å². The van der Waals surface area contributed by atoms with Crippen LogP contribution in [0.15, 0.2) is 54.1 Å². The molecule has 2 N–H and O–H groups in total. The van der Waals surface area contributed by atoms with Crippen LogP contribution in [0, 0.1) is 34.5 Å². The predicted molar refractivity (Wildman–Crippen MR) is 190 cm³/mol. The monoisotopic (exact) mass is 724 g/mol. The zero-order chi connectivity index (χ0) is 38.1. The summed E-state index contributed by atoms with van der Waals surface area (Å²) in [6.45, 7) is 20.5. The fraction of sp³-hybridized carbons (Fsp3) is 0.683. The van der Waals surface area contributed by atoms with Gasteiger partial charge in [0.2, 0.25) is 0 Å². The quantitative estimate of drug-likeness (QED) is 0.184. The number of hydrogen-bond acceptors (Lipinski definition) is 11. The summed E-state index contributed by atoms with van der Waals surface area (Å²) in [6.07, 6.45) is -3.28. The highest BCUT2D eigenvalue weighted by Crippen LogP contribution is 2.70. The van der Waals surface area contributed by atoms with Crippen molar-refractivity contribution >= 4 is 17.9 Å². The molecule has 0 spiro atoms. The molecule has 52 heavy (non-hydrogen) atoms. The average Bonchev–Trinajstić information content (AvgIpc) is 3.33. The van der Waals surface area contributed by atoms with Crippen molar-refractivity contribution in [1.29, 1.82) is 0 Å². The lowest BCUT2D eigenvalue weighted by atomic mass is 9.49. The van der Waals surface area contributed by atoms with Gasteiger partial charge in [-0.05, 0) is 68.4 Å². The van der Waals surface area contributed by atoms with Gasteiger partial charge in [-0.15, -0.1) is 0 Å². The highest BCUT2D eigenvalue weighted by Gasteiger charge is 2.80. The van der Waals surface area contributed by atoms with Gasteiger partial charge in [0.15, 0.2) is 18.0 Å². The number of fused-ring (bicyclic) bond motifs is 3. The van der Waals surface area contributed by atoms with Crippen molar-refractivity contribution in [2.75, 3.05) is 6.61 Å². The lowest BCUT2D eigenvalue weighted by Gasteiger charge is -2.67. The lowest BCUT2D eigenvalue weighted by Crippen LogP contribution is -2.80. The molecule has 2 heterocycles. The Hall–Kier alpha value is -3.09. The van der Waals surface area contributed by atoms with E-state index in [2.05, 4.69) is 6.58 Å². The molecule has 286 valence electrons. The molecule has 13 atom stereocenters. The second-order valence-corrected chi connectivity index (χ2v) is 17.0. The van der Waals surface area contributed by atoms with Gasteiger partial charge >= 0.3 is 17.9 Å². The van der Waals surface area contributed by atoms with Crippen molar-refractivity contribution in [2.24, 2.45) is 34.5 Å². The van der Waals surface area contributed by atoms with Crippen LogP contribution in [0.2, 0.25) is 0 Å². The van der Waals surface area contributed by atoms with Gasteiger partial charge in [-0.25, -0.2) is 9.59 Å². The number of aliphatic hydroxyl groups is 2. The van der Waals surface area contributed by atoms with Crippen molar-refractivity contribution in [3.05, 3.63) is 59.7 Å². The van der Waals surface area contributed by atoms with Crippen LogP contribution in [0.5, 0.6) is 0 Å². The number of carbonyl (C=O) groups excluding carboxylic acids is 3. The topological polar surface area (TPSA) is 147 Å². The van der Waals surface area contributed by atoms with Crippen molar-refractivity contribution in [3.8, 4) is 0 Å². The molecular formula is C41H56O11. The first-order chi connectivity index (χ1) is 24.3. The first-order valence-corrected chi connectivity index (χ1v) is 18.7. The van der Waals surface area contributed by atoms with Crippen molar-refractivity contribution in [3.63, 3.8) is 0 Å². The number of benzene rings is 1. The maximum atomic E-state index is 14.4. The Morgan fingerprint density at radius 1 is 1.10 bits per heavy atom. The number of ether oxygens (including phenoxy) is 6. The molecule has 2 saturated carbocycles. The van der Waals surface area contributed by atoms with Crippen LogP contribution < -0.4 is 0 Å². The normalized spacial score (nSPS) is 39.2. The van der Waals surface area contributed by atoms with Gasteiger partial charge in [0.1, 0.15) is 18.3 Å². The fourth-order valence-corrected chi connectivity index (χ4v) is 10.8. The van der Waals surface area contributed by atoms with Crippen LogP contribution >= 0.6 is 0 Å². The average molecular weight is 725 g/mol. The van der Waals surface area contributed by atoms with E-state index in [1.165, 1.54) is 6.92 Å². The number of esters is 3. The zero-order valence-corrected chi connectivity index (χ0v) is 31.9. The maximum Gasteiger partial charge on any atom is 0.338 e. The molecule has 6 rings (SSSR count). The molecule has 5 aliphatic rings. The maximum absolute atomic E-state index is 14.4. The van der Waals surface area contributed by atoms with Gasteiger partial charge in [0, 0.05) is 31.1 Å². The molecule has 0 bridgehead atoms. The number of rotatable bonds is 10. The Bertz CT molecular complexity index is 1600. The molecule has 0 aromatic heterocycles. The van der Waals surface area contributed by atoms with Crippen molar-refractivity contribution < 1.29 is 53.0 Å². The van der Waals surface area contributed by atoms with Gasteiger partial charge < -0.3 is 38.6 Å². The van der Waals surface area contributed by atoms with Crippen LogP contribution in [0.4, 0.5) is 0 Å². The Labute approximate surface area is 307 Å². The molecule has 11 nitrogen and oxygen atoms in total. The van der Waals surface area contributed by atoms with Crippen LogP contribution in [0.3, 0.4) is 0 Å². The summed E-state index contributed by atoms with van der Waals surface area (Å²) in [5, 5.41) is 23.8. The molecular weight excluding hydrogens is 668 g/mol. The van der Waals surface area contributed by atoms with E-state index in [0.29, 0.717) is 24.0 Å². The first kappa shape index (κ1) is 38.6. The van der Waals surface area contributed by atoms with Crippen LogP contribution in [0.25, 0.3) is 0 Å². The van der Waals surface area contributed by atoms with Crippen LogP contribution in [0.1, 0.15) is 91.9 Å². The van der Waals surface area contributed by atoms with Gasteiger partial charge in [-0.3, -0.25) is 4.79 Å². The lowest BCUT2D eigenvalue weighted by molar-refractivity contribution is -0.391. The second-order valence-electron chi connectivity index (χ2n) is 17.0. The van der Waals surface area contributed by atoms with E-state index in [0.717, 1.165) is 5.57 Å². The third kappa shape index (κ3) is 5.86. The summed E-state index contributed by atoms with van der Waals surface area (Å²) in [5.41, 5.74) is -3.54. The molecule has 4 fully saturated rings. The van der Waals surface area contributed by atoms with Crippen LogP contribution in [-0.2, 0) is 38.0 Å². The Morgan fingerprint density at radius 3 is 2.33 bits per heavy atom. The number of hydrogen-bond donors (Lipinski definition) is 2. The van der Waals surface area contributed by atoms with E-state index in [9.17, 15) is 24.6 Å². The minimum atomic E-state index is -1.61. The van der Waals surface area contributed by atoms with Crippen molar-refractivity contribution in [2.45, 2.75) is 136 Å². The summed E-state index contributed by atoms with van der Waals surface area (Å²) in [4.78, 5) is 41.1. The van der Waals surface area contributed by atoms with Gasteiger partial charge in [0.25, 0.3) is 0 Å². The van der Waals surface area contributed by atoms with E-state index in [4.69, 9.17) is 28.4 Å². The summed E-state index contributed by atoms with van der Waals surface area (Å²) >= 11 is 0. The Balaban J connectivity index is 1.59. The molecule has 1 unspecified atom stereocenters. The summed E-state index contributed by atoms with van der Waals surface area (Å²) in [5.74, 6) is -3.27. The number of aliphatic hydroxyl groups excluding tert-OH is 1. The third-order valence-corrected chi connectivity index (χ3v) is 12.9. The molecule has 11 heteroatoms. The minimum absolute atomic E-state index is 0.0309. The highest BCUT2D eigenvalue weighted by atomic mass is 16.7. The van der Waals surface area contributed by atoms with Crippen molar-refractivity contribution in [1.82, 2.24) is 0 Å². The van der Waals surface area contributed by atoms with Gasteiger partial charge in [0.05, 0.1) is 41.3 Å². The fourth-order valence-electron chi connectivity index (χ4n) is 10.8. The Morgan fingerprint density at radius 2 is 1.77 bits per heavy atom. The van der Waals surface area contributed by atoms with Crippen LogP contribution in [-0.4, -0.2) is 88.8 Å². The van der Waals surface area contributed by atoms with E-state index in [-0.39, 0.29) is 24.9 Å². The molecule has 0 radical (unpaired) electrons. The largest absolute Gasteiger partial charge is 0.457 e. The zero-order valence-electron chi connectivity index (χ0n) is 31.9. The van der Waals surface area contributed by atoms with E-state index in [1.54, 1.807) is 50.3 Å². The molecule has 0 amide bonds. The molecule has 1 aromatic carbocycles. The van der Waals surface area contributed by atoms with E-state index in [1.807, 2.05) is 41.5 Å². The minimum Gasteiger partial charge on any atom is -0.457 e. The summed E-state index contributed by atoms with van der Waals surface area (Å²) in [7, 11) is 0. The molecule has 3 aliphatic carbocycles. The highest BCUT2D eigenvalue weighted by molar-refractivity contribution is 5.89. The smallest absolute Gasteiger partial charge is 0.338 e. The SMILES string of the molecule is C=CC1O[C@H]2C[C@H]3OC[C@@]3(OC(C)=O)[C@H]3[C@H](OC(=O)c4ccccc4)[C@]4(C(C)(C)O)C[C@H](OC(=O)[C@H](O)[C@@H](C)CC(C)C)C(C)=C4[C@H](C)[C@H](O1)[C@]23C. The molecule has 2 aliphatic heterocycles. The summed E-state index contributed by atoms with van der Waals surface area (Å²) in [6, 6.07) is 8.60. The molecule has 1 aromatic rings. The van der Waals surface area contributed by atoms with Gasteiger partial charge in [-0.1, -0.05) is 59.4 Å².